The lowest BCUT2D eigenvalue weighted by atomic mass is 10.1. The van der Waals surface area contributed by atoms with Crippen LogP contribution in [0.15, 0.2) is 48.0 Å². The molecule has 3 rings (SSSR count). The summed E-state index contributed by atoms with van der Waals surface area (Å²) in [5, 5.41) is 20.6. The number of rotatable bonds is 8. The van der Waals surface area contributed by atoms with Gasteiger partial charge in [-0.1, -0.05) is 18.2 Å². The molecule has 0 aromatic heterocycles. The van der Waals surface area contributed by atoms with Crippen molar-refractivity contribution in [1.29, 1.82) is 5.26 Å². The molecule has 8 nitrogen and oxygen atoms in total. The molecule has 1 aliphatic rings. The number of nitro groups is 1. The third-order valence-corrected chi connectivity index (χ3v) is 4.89. The second-order valence-electron chi connectivity index (χ2n) is 6.98. The van der Waals surface area contributed by atoms with Crippen LogP contribution in [0, 0.1) is 21.4 Å². The lowest BCUT2D eigenvalue weighted by Gasteiger charge is -2.15. The van der Waals surface area contributed by atoms with Crippen molar-refractivity contribution in [2.75, 3.05) is 19.7 Å². The van der Waals surface area contributed by atoms with Gasteiger partial charge in [0.05, 0.1) is 17.1 Å². The topological polar surface area (TPSA) is 106 Å². The number of nitro benzene ring substituents is 1. The van der Waals surface area contributed by atoms with E-state index in [1.165, 1.54) is 12.1 Å². The Morgan fingerprint density at radius 2 is 1.94 bits per heavy atom. The molecular formula is C23H23N3O5. The average molecular weight is 421 g/mol. The number of benzene rings is 2. The third kappa shape index (κ3) is 5.39. The summed E-state index contributed by atoms with van der Waals surface area (Å²) in [7, 11) is 0. The molecule has 2 aromatic rings. The number of hydrogen-bond donors (Lipinski definition) is 0. The van der Waals surface area contributed by atoms with E-state index in [-0.39, 0.29) is 23.8 Å². The smallest absolute Gasteiger partial charge is 0.276 e. The van der Waals surface area contributed by atoms with Gasteiger partial charge in [-0.05, 0) is 49.6 Å². The molecule has 1 amide bonds. The van der Waals surface area contributed by atoms with E-state index < -0.39 is 4.92 Å². The lowest BCUT2D eigenvalue weighted by Crippen LogP contribution is -2.28. The number of nitriles is 1. The molecule has 0 N–H and O–H groups in total. The van der Waals surface area contributed by atoms with E-state index in [1.807, 2.05) is 13.0 Å². The fourth-order valence-corrected chi connectivity index (χ4v) is 3.37. The van der Waals surface area contributed by atoms with Crippen LogP contribution in [0.4, 0.5) is 5.69 Å². The molecule has 0 atom stereocenters. The summed E-state index contributed by atoms with van der Waals surface area (Å²) in [4.78, 5) is 25.0. The zero-order valence-electron chi connectivity index (χ0n) is 17.2. The molecule has 1 fully saturated rings. The van der Waals surface area contributed by atoms with Crippen LogP contribution in [0.3, 0.4) is 0 Å². The Bertz CT molecular complexity index is 1040. The highest BCUT2D eigenvalue weighted by Gasteiger charge is 2.21. The van der Waals surface area contributed by atoms with Crippen LogP contribution >= 0.6 is 0 Å². The van der Waals surface area contributed by atoms with Gasteiger partial charge in [0.2, 0.25) is 0 Å². The molecule has 1 aliphatic heterocycles. The van der Waals surface area contributed by atoms with Crippen LogP contribution in [0.25, 0.3) is 6.08 Å². The first-order valence-electron chi connectivity index (χ1n) is 10.1. The minimum Gasteiger partial charge on any atom is -0.490 e. The quantitative estimate of drug-likeness (QED) is 0.275. The molecule has 0 unspecified atom stereocenters. The maximum absolute atomic E-state index is 12.5. The van der Waals surface area contributed by atoms with Crippen LogP contribution < -0.4 is 9.47 Å². The number of nitrogens with zero attached hydrogens (tertiary/aromatic N) is 3. The van der Waals surface area contributed by atoms with Crippen LogP contribution in [-0.2, 0) is 11.4 Å². The van der Waals surface area contributed by atoms with Crippen LogP contribution in [-0.4, -0.2) is 35.4 Å². The Morgan fingerprint density at radius 1 is 1.19 bits per heavy atom. The van der Waals surface area contributed by atoms with Gasteiger partial charge < -0.3 is 14.4 Å². The van der Waals surface area contributed by atoms with E-state index in [4.69, 9.17) is 9.47 Å². The van der Waals surface area contributed by atoms with Gasteiger partial charge in [0, 0.05) is 19.2 Å². The van der Waals surface area contributed by atoms with Crippen molar-refractivity contribution in [2.24, 2.45) is 0 Å². The number of carbonyl (C=O) groups is 1. The van der Waals surface area contributed by atoms with Gasteiger partial charge in [0.25, 0.3) is 11.6 Å². The molecule has 0 radical (unpaired) electrons. The van der Waals surface area contributed by atoms with Crippen molar-refractivity contribution in [3.05, 3.63) is 69.3 Å². The second kappa shape index (κ2) is 10.3. The SMILES string of the molecule is CCOc1cc(/C=C(\C#N)C(=O)N2CCCC2)ccc1OCc1ccccc1[N+](=O)[O-]. The van der Waals surface area contributed by atoms with Crippen molar-refractivity contribution < 1.29 is 19.2 Å². The van der Waals surface area contributed by atoms with Gasteiger partial charge in [-0.2, -0.15) is 5.26 Å². The highest BCUT2D eigenvalue weighted by molar-refractivity contribution is 6.01. The summed E-state index contributed by atoms with van der Waals surface area (Å²) < 4.78 is 11.4. The van der Waals surface area contributed by atoms with Crippen molar-refractivity contribution in [3.63, 3.8) is 0 Å². The first-order chi connectivity index (χ1) is 15.0. The summed E-state index contributed by atoms with van der Waals surface area (Å²) in [6, 6.07) is 13.4. The van der Waals surface area contributed by atoms with Crippen LogP contribution in [0.2, 0.25) is 0 Å². The van der Waals surface area contributed by atoms with Crippen molar-refractivity contribution in [3.8, 4) is 17.6 Å². The van der Waals surface area contributed by atoms with E-state index in [2.05, 4.69) is 0 Å². The van der Waals surface area contributed by atoms with Crippen molar-refractivity contribution in [2.45, 2.75) is 26.4 Å². The van der Waals surface area contributed by atoms with Gasteiger partial charge in [0.1, 0.15) is 18.2 Å². The summed E-state index contributed by atoms with van der Waals surface area (Å²) in [6.45, 7) is 3.54. The predicted octanol–water partition coefficient (Wildman–Crippen LogP) is 4.10. The fraction of sp³-hybridized carbons (Fsp3) is 0.304. The molecule has 1 heterocycles. The Morgan fingerprint density at radius 3 is 2.61 bits per heavy atom. The van der Waals surface area contributed by atoms with Gasteiger partial charge in [-0.3, -0.25) is 14.9 Å². The average Bonchev–Trinajstić information content (AvgIpc) is 3.32. The summed E-state index contributed by atoms with van der Waals surface area (Å²) in [6.07, 6.45) is 3.43. The molecular weight excluding hydrogens is 398 g/mol. The maximum atomic E-state index is 12.5. The Kier molecular flexibility index (Phi) is 7.22. The summed E-state index contributed by atoms with van der Waals surface area (Å²) in [5.74, 6) is 0.581. The van der Waals surface area contributed by atoms with E-state index in [9.17, 15) is 20.2 Å². The van der Waals surface area contributed by atoms with Gasteiger partial charge in [-0.15, -0.1) is 0 Å². The zero-order chi connectivity index (χ0) is 22.2. The number of carbonyl (C=O) groups excluding carboxylic acids is 1. The molecule has 31 heavy (non-hydrogen) atoms. The number of likely N-dealkylation sites (tertiary alicyclic amines) is 1. The minimum atomic E-state index is -0.448. The number of amides is 1. The Labute approximate surface area is 180 Å². The second-order valence-corrected chi connectivity index (χ2v) is 6.98. The molecule has 0 saturated carbocycles. The standard InChI is InChI=1S/C23H23N3O5/c1-2-30-22-14-17(13-19(15-24)23(27)25-11-5-6-12-25)9-10-21(22)31-16-18-7-3-4-8-20(18)26(28)29/h3-4,7-10,13-14H,2,5-6,11-12,16H2,1H3/b19-13+. The first kappa shape index (κ1) is 21.8. The van der Waals surface area contributed by atoms with Crippen molar-refractivity contribution >= 4 is 17.7 Å². The van der Waals surface area contributed by atoms with Crippen LogP contribution in [0.1, 0.15) is 30.9 Å². The molecule has 1 saturated heterocycles. The molecule has 8 heteroatoms. The largest absolute Gasteiger partial charge is 0.490 e. The molecule has 160 valence electrons. The normalized spacial score (nSPS) is 13.5. The monoisotopic (exact) mass is 421 g/mol. The van der Waals surface area contributed by atoms with E-state index in [0.717, 1.165) is 12.8 Å². The molecule has 0 spiro atoms. The first-order valence-corrected chi connectivity index (χ1v) is 10.1. The summed E-state index contributed by atoms with van der Waals surface area (Å²) >= 11 is 0. The molecule has 0 aliphatic carbocycles. The highest BCUT2D eigenvalue weighted by atomic mass is 16.6. The number of para-hydroxylation sites is 1. The maximum Gasteiger partial charge on any atom is 0.276 e. The van der Waals surface area contributed by atoms with Gasteiger partial charge >= 0.3 is 0 Å². The zero-order valence-corrected chi connectivity index (χ0v) is 17.2. The van der Waals surface area contributed by atoms with Crippen molar-refractivity contribution in [1.82, 2.24) is 4.90 Å². The lowest BCUT2D eigenvalue weighted by molar-refractivity contribution is -0.385. The number of hydrogen-bond acceptors (Lipinski definition) is 6. The van der Waals surface area contributed by atoms with E-state index in [1.54, 1.807) is 41.3 Å². The highest BCUT2D eigenvalue weighted by Crippen LogP contribution is 2.31. The van der Waals surface area contributed by atoms with Gasteiger partial charge in [-0.25, -0.2) is 0 Å². The third-order valence-electron chi connectivity index (χ3n) is 4.89. The van der Waals surface area contributed by atoms with Gasteiger partial charge in [0.15, 0.2) is 11.5 Å². The number of ether oxygens (including phenoxy) is 2. The molecule has 0 bridgehead atoms. The predicted molar refractivity (Wildman–Crippen MR) is 114 cm³/mol. The minimum absolute atomic E-state index is 0.00328. The Balaban J connectivity index is 1.81. The fourth-order valence-electron chi connectivity index (χ4n) is 3.37. The van der Waals surface area contributed by atoms with E-state index in [0.29, 0.717) is 42.3 Å². The molecule has 2 aromatic carbocycles. The van der Waals surface area contributed by atoms with Crippen LogP contribution in [0.5, 0.6) is 11.5 Å². The van der Waals surface area contributed by atoms with E-state index >= 15 is 0 Å². The Hall–Kier alpha value is -3.86. The summed E-state index contributed by atoms with van der Waals surface area (Å²) in [5.41, 5.74) is 1.13.